The SMILES string of the molecule is CCOc1ccc(N)cc1Cn1c(OC)nc(C)cc1=O. The molecule has 0 spiro atoms. The Kier molecular flexibility index (Phi) is 4.47. The molecule has 0 aliphatic rings. The molecule has 21 heavy (non-hydrogen) atoms. The van der Waals surface area contributed by atoms with Crippen molar-refractivity contribution in [1.82, 2.24) is 9.55 Å². The lowest BCUT2D eigenvalue weighted by atomic mass is 10.1. The number of nitrogens with zero attached hydrogens (tertiary/aromatic N) is 2. The Balaban J connectivity index is 2.47. The van der Waals surface area contributed by atoms with Crippen molar-refractivity contribution in [3.05, 3.63) is 45.9 Å². The zero-order valence-electron chi connectivity index (χ0n) is 12.4. The average Bonchev–Trinajstić information content (AvgIpc) is 2.44. The molecule has 0 bridgehead atoms. The highest BCUT2D eigenvalue weighted by Crippen LogP contribution is 2.23. The number of hydrogen-bond donors (Lipinski definition) is 1. The smallest absolute Gasteiger partial charge is 0.299 e. The topological polar surface area (TPSA) is 79.4 Å². The number of hydrogen-bond acceptors (Lipinski definition) is 5. The second kappa shape index (κ2) is 6.30. The number of ether oxygens (including phenoxy) is 2. The minimum Gasteiger partial charge on any atom is -0.494 e. The molecule has 0 aliphatic carbocycles. The molecule has 0 saturated carbocycles. The number of nitrogen functional groups attached to an aromatic ring is 1. The largest absolute Gasteiger partial charge is 0.494 e. The second-order valence-electron chi connectivity index (χ2n) is 4.61. The third-order valence-corrected chi connectivity index (χ3v) is 3.00. The zero-order valence-corrected chi connectivity index (χ0v) is 12.4. The molecule has 2 aromatic rings. The van der Waals surface area contributed by atoms with Crippen molar-refractivity contribution in [1.29, 1.82) is 0 Å². The Morgan fingerprint density at radius 1 is 1.33 bits per heavy atom. The fraction of sp³-hybridized carbons (Fsp3) is 0.333. The van der Waals surface area contributed by atoms with Crippen LogP contribution in [0.15, 0.2) is 29.1 Å². The maximum absolute atomic E-state index is 12.1. The van der Waals surface area contributed by atoms with Gasteiger partial charge in [-0.2, -0.15) is 0 Å². The van der Waals surface area contributed by atoms with Crippen molar-refractivity contribution >= 4 is 5.69 Å². The lowest BCUT2D eigenvalue weighted by Crippen LogP contribution is -2.23. The van der Waals surface area contributed by atoms with E-state index in [-0.39, 0.29) is 18.1 Å². The van der Waals surface area contributed by atoms with Crippen molar-refractivity contribution in [2.24, 2.45) is 0 Å². The molecule has 112 valence electrons. The third-order valence-electron chi connectivity index (χ3n) is 3.00. The van der Waals surface area contributed by atoms with Crippen LogP contribution in [0.25, 0.3) is 0 Å². The minimum absolute atomic E-state index is 0.177. The van der Waals surface area contributed by atoms with Gasteiger partial charge in [0.1, 0.15) is 5.75 Å². The summed E-state index contributed by atoms with van der Waals surface area (Å²) in [6.07, 6.45) is 0. The molecule has 0 radical (unpaired) electrons. The van der Waals surface area contributed by atoms with Gasteiger partial charge < -0.3 is 15.2 Å². The summed E-state index contributed by atoms with van der Waals surface area (Å²) < 4.78 is 12.2. The average molecular weight is 289 g/mol. The van der Waals surface area contributed by atoms with Gasteiger partial charge in [-0.15, -0.1) is 0 Å². The normalized spacial score (nSPS) is 10.4. The predicted molar refractivity (Wildman–Crippen MR) is 80.9 cm³/mol. The highest BCUT2D eigenvalue weighted by Gasteiger charge is 2.11. The Bertz CT molecular complexity index is 695. The molecule has 0 unspecified atom stereocenters. The molecule has 6 heteroatoms. The first-order valence-corrected chi connectivity index (χ1v) is 6.68. The fourth-order valence-corrected chi connectivity index (χ4v) is 2.09. The van der Waals surface area contributed by atoms with E-state index in [1.807, 2.05) is 6.92 Å². The third kappa shape index (κ3) is 3.34. The number of aryl methyl sites for hydroxylation is 1. The number of nitrogens with two attached hydrogens (primary N) is 1. The molecular weight excluding hydrogens is 270 g/mol. The number of methoxy groups -OCH3 is 1. The zero-order chi connectivity index (χ0) is 15.4. The van der Waals surface area contributed by atoms with E-state index >= 15 is 0 Å². The monoisotopic (exact) mass is 289 g/mol. The van der Waals surface area contributed by atoms with E-state index in [2.05, 4.69) is 4.98 Å². The van der Waals surface area contributed by atoms with Crippen molar-refractivity contribution in [2.75, 3.05) is 19.5 Å². The van der Waals surface area contributed by atoms with E-state index in [0.717, 1.165) is 5.56 Å². The molecule has 1 heterocycles. The predicted octanol–water partition coefficient (Wildman–Crippen LogP) is 1.59. The van der Waals surface area contributed by atoms with Crippen LogP contribution in [0.1, 0.15) is 18.2 Å². The van der Waals surface area contributed by atoms with Gasteiger partial charge in [0.15, 0.2) is 0 Å². The summed E-state index contributed by atoms with van der Waals surface area (Å²) in [7, 11) is 1.49. The Morgan fingerprint density at radius 2 is 2.10 bits per heavy atom. The van der Waals surface area contributed by atoms with Crippen LogP contribution < -0.4 is 20.8 Å². The molecule has 1 aromatic heterocycles. The molecule has 6 nitrogen and oxygen atoms in total. The van der Waals surface area contributed by atoms with Gasteiger partial charge >= 0.3 is 0 Å². The van der Waals surface area contributed by atoms with E-state index in [9.17, 15) is 4.79 Å². The first-order valence-electron chi connectivity index (χ1n) is 6.68. The van der Waals surface area contributed by atoms with Crippen LogP contribution in [0.2, 0.25) is 0 Å². The van der Waals surface area contributed by atoms with Gasteiger partial charge in [-0.05, 0) is 32.0 Å². The first-order chi connectivity index (χ1) is 10.0. The first kappa shape index (κ1) is 14.9. The lowest BCUT2D eigenvalue weighted by Gasteiger charge is -2.14. The van der Waals surface area contributed by atoms with E-state index in [1.165, 1.54) is 17.7 Å². The summed E-state index contributed by atoms with van der Waals surface area (Å²) in [5.41, 5.74) is 7.68. The Labute approximate surface area is 123 Å². The maximum atomic E-state index is 12.1. The van der Waals surface area contributed by atoms with Crippen LogP contribution >= 0.6 is 0 Å². The molecule has 0 amide bonds. The van der Waals surface area contributed by atoms with E-state index < -0.39 is 0 Å². The van der Waals surface area contributed by atoms with Crippen molar-refractivity contribution < 1.29 is 9.47 Å². The molecule has 0 aliphatic heterocycles. The summed E-state index contributed by atoms with van der Waals surface area (Å²) in [6.45, 7) is 4.48. The van der Waals surface area contributed by atoms with Gasteiger partial charge in [0, 0.05) is 23.0 Å². The molecule has 2 N–H and O–H groups in total. The summed E-state index contributed by atoms with van der Waals surface area (Å²) in [4.78, 5) is 16.4. The Hall–Kier alpha value is -2.50. The van der Waals surface area contributed by atoms with Gasteiger partial charge in [0.2, 0.25) is 0 Å². The quantitative estimate of drug-likeness (QED) is 0.846. The molecule has 1 aromatic carbocycles. The van der Waals surface area contributed by atoms with Gasteiger partial charge in [0.05, 0.1) is 20.3 Å². The summed E-state index contributed by atoms with van der Waals surface area (Å²) >= 11 is 0. The van der Waals surface area contributed by atoms with Crippen molar-refractivity contribution in [3.63, 3.8) is 0 Å². The van der Waals surface area contributed by atoms with Gasteiger partial charge in [0.25, 0.3) is 11.6 Å². The molecule has 0 atom stereocenters. The minimum atomic E-state index is -0.177. The molecule has 0 saturated heterocycles. The van der Waals surface area contributed by atoms with Crippen LogP contribution in [-0.4, -0.2) is 23.3 Å². The molecular formula is C15H19N3O3. The highest BCUT2D eigenvalue weighted by molar-refractivity contribution is 5.48. The van der Waals surface area contributed by atoms with Crippen LogP contribution in [0.3, 0.4) is 0 Å². The van der Waals surface area contributed by atoms with Crippen molar-refractivity contribution in [2.45, 2.75) is 20.4 Å². The lowest BCUT2D eigenvalue weighted by molar-refractivity contribution is 0.330. The number of rotatable bonds is 5. The molecule has 0 fully saturated rings. The highest BCUT2D eigenvalue weighted by atomic mass is 16.5. The Morgan fingerprint density at radius 3 is 2.76 bits per heavy atom. The van der Waals surface area contributed by atoms with Crippen LogP contribution in [-0.2, 0) is 6.54 Å². The standard InChI is InChI=1S/C15H19N3O3/c1-4-21-13-6-5-12(16)8-11(13)9-18-14(19)7-10(2)17-15(18)20-3/h5-8H,4,9,16H2,1-3H3. The van der Waals surface area contributed by atoms with E-state index in [4.69, 9.17) is 15.2 Å². The summed E-state index contributed by atoms with van der Waals surface area (Å²) in [5.74, 6) is 0.696. The van der Waals surface area contributed by atoms with Gasteiger partial charge in [-0.1, -0.05) is 0 Å². The van der Waals surface area contributed by atoms with E-state index in [0.29, 0.717) is 23.7 Å². The van der Waals surface area contributed by atoms with E-state index in [1.54, 1.807) is 25.1 Å². The second-order valence-corrected chi connectivity index (χ2v) is 4.61. The number of benzene rings is 1. The van der Waals surface area contributed by atoms with Crippen LogP contribution in [0.5, 0.6) is 11.8 Å². The van der Waals surface area contributed by atoms with Crippen LogP contribution in [0.4, 0.5) is 5.69 Å². The summed E-state index contributed by atoms with van der Waals surface area (Å²) in [6, 6.07) is 7.09. The fourth-order valence-electron chi connectivity index (χ4n) is 2.09. The van der Waals surface area contributed by atoms with Crippen molar-refractivity contribution in [3.8, 4) is 11.8 Å². The number of anilines is 1. The maximum Gasteiger partial charge on any atom is 0.299 e. The summed E-state index contributed by atoms with van der Waals surface area (Å²) in [5, 5.41) is 0. The van der Waals surface area contributed by atoms with Gasteiger partial charge in [-0.25, -0.2) is 4.98 Å². The number of aromatic nitrogens is 2. The van der Waals surface area contributed by atoms with Gasteiger partial charge in [-0.3, -0.25) is 9.36 Å². The molecule has 2 rings (SSSR count). The van der Waals surface area contributed by atoms with Crippen LogP contribution in [0, 0.1) is 6.92 Å².